The highest BCUT2D eigenvalue weighted by molar-refractivity contribution is 5.98. The van der Waals surface area contributed by atoms with Crippen molar-refractivity contribution < 1.29 is 33.6 Å². The molecule has 0 fully saturated rings. The van der Waals surface area contributed by atoms with Crippen molar-refractivity contribution in [3.05, 3.63) is 42.0 Å². The third-order valence-electron chi connectivity index (χ3n) is 9.08. The Balaban J connectivity index is 3.12. The van der Waals surface area contributed by atoms with Crippen LogP contribution in [0.25, 0.3) is 6.08 Å². The maximum atomic E-state index is 13.7. The number of rotatable bonds is 27. The van der Waals surface area contributed by atoms with Crippen LogP contribution in [0.3, 0.4) is 0 Å². The molecule has 324 valence electrons. The number of nitrogens with zero attached hydrogens (tertiary/aromatic N) is 1. The van der Waals surface area contributed by atoms with Crippen LogP contribution in [0.2, 0.25) is 0 Å². The van der Waals surface area contributed by atoms with Crippen LogP contribution in [0, 0.1) is 17.8 Å². The first kappa shape index (κ1) is 50.5. The van der Waals surface area contributed by atoms with Crippen LogP contribution in [-0.2, 0) is 33.6 Å². The zero-order valence-electron chi connectivity index (χ0n) is 34.8. The lowest BCUT2D eigenvalue weighted by Crippen LogP contribution is -2.58. The van der Waals surface area contributed by atoms with Crippen molar-refractivity contribution in [3.63, 3.8) is 0 Å². The van der Waals surface area contributed by atoms with Crippen molar-refractivity contribution >= 4 is 53.4 Å². The molecule has 0 heterocycles. The summed E-state index contributed by atoms with van der Waals surface area (Å²) in [7, 11) is 0. The normalized spacial score (nSPS) is 14.3. The summed E-state index contributed by atoms with van der Waals surface area (Å²) in [5.41, 5.74) is 22.7. The average Bonchev–Trinajstić information content (AvgIpc) is 3.16. The number of carbonyl (C=O) groups is 7. The van der Waals surface area contributed by atoms with Gasteiger partial charge in [0.05, 0.1) is 6.54 Å². The Morgan fingerprint density at radius 1 is 0.690 bits per heavy atom. The van der Waals surface area contributed by atoms with Gasteiger partial charge in [-0.15, -0.1) is 0 Å². The minimum atomic E-state index is -1.17. The number of benzene rings is 1. The van der Waals surface area contributed by atoms with Gasteiger partial charge < -0.3 is 54.8 Å². The number of carbonyl (C=O) groups excluding carboxylic acids is 7. The molecule has 0 aromatic heterocycles. The topological polar surface area (TPSA) is 308 Å². The fourth-order valence-electron chi connectivity index (χ4n) is 5.76. The molecule has 18 heteroatoms. The predicted octanol–water partition coefficient (Wildman–Crippen LogP) is -0.344. The van der Waals surface area contributed by atoms with Crippen LogP contribution in [-0.4, -0.2) is 97.2 Å². The molecule has 0 spiro atoms. The molecule has 1 rings (SSSR count). The number of guanidine groups is 1. The van der Waals surface area contributed by atoms with Crippen LogP contribution >= 0.6 is 0 Å². The van der Waals surface area contributed by atoms with E-state index in [1.165, 1.54) is 6.08 Å². The lowest BCUT2D eigenvalue weighted by atomic mass is 9.96. The van der Waals surface area contributed by atoms with Gasteiger partial charge in [-0.1, -0.05) is 78.3 Å². The monoisotopic (exact) mass is 814 g/mol. The van der Waals surface area contributed by atoms with Crippen LogP contribution in [0.1, 0.15) is 92.1 Å². The highest BCUT2D eigenvalue weighted by atomic mass is 16.2. The minimum Gasteiger partial charge on any atom is -0.370 e. The molecule has 0 radical (unpaired) electrons. The summed E-state index contributed by atoms with van der Waals surface area (Å²) in [4.78, 5) is 96.0. The first-order valence-electron chi connectivity index (χ1n) is 19.9. The van der Waals surface area contributed by atoms with Crippen LogP contribution < -0.4 is 54.8 Å². The second-order valence-electron chi connectivity index (χ2n) is 15.2. The Morgan fingerprint density at radius 2 is 1.24 bits per heavy atom. The van der Waals surface area contributed by atoms with E-state index in [1.807, 2.05) is 65.0 Å². The zero-order valence-corrected chi connectivity index (χ0v) is 34.8. The molecule has 0 aliphatic rings. The average molecular weight is 814 g/mol. The SMILES string of the molecule is CC[C@H](C)[C@H](NC(=O)[C@H](CC(C)C)NC(=O)/C=C/c1ccccc1)C(=O)NCC(=O)N[C@@H](CCCN=C(N)N)C(=O)N[C@@H](CC(C)C)C(=O)N[C@@H](CCCN)C(N)=O. The maximum absolute atomic E-state index is 13.7. The van der Waals surface area contributed by atoms with Gasteiger partial charge >= 0.3 is 0 Å². The number of hydrogen-bond acceptors (Lipinski definition) is 9. The summed E-state index contributed by atoms with van der Waals surface area (Å²) in [6, 6.07) is 3.96. The minimum absolute atomic E-state index is 0.0294. The largest absolute Gasteiger partial charge is 0.370 e. The van der Waals surface area contributed by atoms with Gasteiger partial charge in [-0.25, -0.2) is 0 Å². The van der Waals surface area contributed by atoms with E-state index in [0.29, 0.717) is 19.3 Å². The summed E-state index contributed by atoms with van der Waals surface area (Å²) < 4.78 is 0. The first-order chi connectivity index (χ1) is 27.4. The van der Waals surface area contributed by atoms with Gasteiger partial charge in [-0.2, -0.15) is 0 Å². The second-order valence-corrected chi connectivity index (χ2v) is 15.2. The molecule has 0 aliphatic carbocycles. The van der Waals surface area contributed by atoms with E-state index in [2.05, 4.69) is 36.9 Å². The first-order valence-corrected chi connectivity index (χ1v) is 19.9. The standard InChI is InChI=1S/C40H67N11O7/c1-7-26(6)34(51-38(57)30(21-24(2)3)48-32(52)18-17-27-13-9-8-10-14-27)39(58)46-23-33(53)47-29(16-12-20-45-40(43)44)36(55)50-31(22-25(4)5)37(56)49-28(35(42)54)15-11-19-41/h8-10,13-14,17-18,24-26,28-31,34H,7,11-12,15-16,19-23,41H2,1-6H3,(H2,42,54)(H,46,58)(H,47,53)(H,48,52)(H,49,56)(H,50,55)(H,51,57)(H4,43,44,45)/b18-17+/t26-,28-,29-,30-,31-,34-/m0/s1. The number of primary amides is 1. The Bertz CT molecular complexity index is 1550. The fraction of sp³-hybridized carbons (Fsp3) is 0.600. The zero-order chi connectivity index (χ0) is 43.8. The van der Waals surface area contributed by atoms with Gasteiger partial charge in [-0.05, 0) is 74.5 Å². The van der Waals surface area contributed by atoms with Crippen molar-refractivity contribution in [2.45, 2.75) is 117 Å². The number of nitrogens with one attached hydrogen (secondary N) is 6. The molecular weight excluding hydrogens is 747 g/mol. The van der Waals surface area contributed by atoms with Gasteiger partial charge in [0.15, 0.2) is 5.96 Å². The van der Waals surface area contributed by atoms with Gasteiger partial charge in [-0.3, -0.25) is 38.6 Å². The highest BCUT2D eigenvalue weighted by Crippen LogP contribution is 2.12. The van der Waals surface area contributed by atoms with Crippen molar-refractivity contribution in [1.29, 1.82) is 0 Å². The number of aliphatic imine (C=N–C) groups is 1. The third kappa shape index (κ3) is 20.6. The molecule has 58 heavy (non-hydrogen) atoms. The van der Waals surface area contributed by atoms with E-state index in [0.717, 1.165) is 5.56 Å². The predicted molar refractivity (Wildman–Crippen MR) is 224 cm³/mol. The second kappa shape index (κ2) is 27.2. The number of hydrogen-bond donors (Lipinski definition) is 10. The van der Waals surface area contributed by atoms with Crippen LogP contribution in [0.15, 0.2) is 41.4 Å². The Morgan fingerprint density at radius 3 is 1.79 bits per heavy atom. The van der Waals surface area contributed by atoms with E-state index in [9.17, 15) is 33.6 Å². The molecular formula is C40H67N11O7. The van der Waals surface area contributed by atoms with E-state index in [-0.39, 0.29) is 62.5 Å². The van der Waals surface area contributed by atoms with Crippen molar-refractivity contribution in [2.75, 3.05) is 19.6 Å². The molecule has 14 N–H and O–H groups in total. The van der Waals surface area contributed by atoms with Crippen molar-refractivity contribution in [3.8, 4) is 0 Å². The van der Waals surface area contributed by atoms with E-state index in [1.54, 1.807) is 13.0 Å². The number of amides is 7. The Labute approximate surface area is 342 Å². The van der Waals surface area contributed by atoms with Crippen LogP contribution in [0.5, 0.6) is 0 Å². The maximum Gasteiger partial charge on any atom is 0.244 e. The lowest BCUT2D eigenvalue weighted by Gasteiger charge is -2.27. The quantitative estimate of drug-likeness (QED) is 0.0238. The van der Waals surface area contributed by atoms with Gasteiger partial charge in [0, 0.05) is 12.6 Å². The summed E-state index contributed by atoms with van der Waals surface area (Å²) in [6.45, 7) is 11.0. The van der Waals surface area contributed by atoms with Gasteiger partial charge in [0.1, 0.15) is 30.2 Å². The lowest BCUT2D eigenvalue weighted by molar-refractivity contribution is -0.134. The van der Waals surface area contributed by atoms with Gasteiger partial charge in [0.2, 0.25) is 41.4 Å². The van der Waals surface area contributed by atoms with Crippen molar-refractivity contribution in [2.24, 2.45) is 45.7 Å². The van der Waals surface area contributed by atoms with Gasteiger partial charge in [0.25, 0.3) is 0 Å². The molecule has 18 nitrogen and oxygen atoms in total. The molecule has 1 aromatic carbocycles. The van der Waals surface area contributed by atoms with E-state index < -0.39 is 78.1 Å². The fourth-order valence-corrected chi connectivity index (χ4v) is 5.76. The molecule has 0 aliphatic heterocycles. The number of nitrogens with two attached hydrogens (primary N) is 4. The molecule has 0 saturated heterocycles. The summed E-state index contributed by atoms with van der Waals surface area (Å²) >= 11 is 0. The summed E-state index contributed by atoms with van der Waals surface area (Å²) in [5, 5.41) is 16.0. The Hall–Kier alpha value is -5.52. The van der Waals surface area contributed by atoms with E-state index >= 15 is 0 Å². The highest BCUT2D eigenvalue weighted by Gasteiger charge is 2.32. The molecule has 0 unspecified atom stereocenters. The smallest absolute Gasteiger partial charge is 0.244 e. The molecule has 6 atom stereocenters. The van der Waals surface area contributed by atoms with E-state index in [4.69, 9.17) is 22.9 Å². The molecule has 1 aromatic rings. The third-order valence-corrected chi connectivity index (χ3v) is 9.08. The summed E-state index contributed by atoms with van der Waals surface area (Å²) in [6.07, 6.45) is 4.97. The molecule has 7 amide bonds. The van der Waals surface area contributed by atoms with Crippen molar-refractivity contribution in [1.82, 2.24) is 31.9 Å². The molecule has 0 saturated carbocycles. The Kier molecular flexibility index (Phi) is 23.7. The molecule has 0 bridgehead atoms. The summed E-state index contributed by atoms with van der Waals surface area (Å²) in [5.74, 6) is -4.99. The van der Waals surface area contributed by atoms with Crippen LogP contribution in [0.4, 0.5) is 0 Å².